The van der Waals surface area contributed by atoms with Crippen LogP contribution in [0.25, 0.3) is 10.9 Å². The summed E-state index contributed by atoms with van der Waals surface area (Å²) in [5, 5.41) is 5.14. The maximum Gasteiger partial charge on any atom is 0.262 e. The van der Waals surface area contributed by atoms with Crippen LogP contribution in [0.4, 0.5) is 0 Å². The Hall–Kier alpha value is -2.15. The number of nitrogens with zero attached hydrogens (tertiary/aromatic N) is 4. The van der Waals surface area contributed by atoms with E-state index in [0.29, 0.717) is 28.8 Å². The van der Waals surface area contributed by atoms with Gasteiger partial charge in [0.25, 0.3) is 5.56 Å². The molecule has 3 aromatic rings. The van der Waals surface area contributed by atoms with Crippen molar-refractivity contribution in [2.24, 2.45) is 0 Å². The molecule has 0 saturated heterocycles. The topological polar surface area (TPSA) is 73.8 Å². The van der Waals surface area contributed by atoms with Crippen LogP contribution >= 0.6 is 11.8 Å². The van der Waals surface area contributed by atoms with Gasteiger partial charge in [-0.2, -0.15) is 4.98 Å². The van der Waals surface area contributed by atoms with Crippen molar-refractivity contribution in [3.05, 3.63) is 46.3 Å². The highest BCUT2D eigenvalue weighted by Gasteiger charge is 2.19. The highest BCUT2D eigenvalue weighted by Crippen LogP contribution is 2.33. The summed E-state index contributed by atoms with van der Waals surface area (Å²) in [4.78, 5) is 22.0. The minimum Gasteiger partial charge on any atom is -0.338 e. The van der Waals surface area contributed by atoms with Crippen LogP contribution in [0.3, 0.4) is 0 Å². The Morgan fingerprint density at radius 1 is 1.19 bits per heavy atom. The van der Waals surface area contributed by atoms with Gasteiger partial charge in [0.05, 0.1) is 16.2 Å². The number of thioether (sulfide) groups is 1. The van der Waals surface area contributed by atoms with E-state index in [-0.39, 0.29) is 10.8 Å². The number of hydrogen-bond acceptors (Lipinski definition) is 6. The summed E-state index contributed by atoms with van der Waals surface area (Å²) in [5.74, 6) is 1.16. The summed E-state index contributed by atoms with van der Waals surface area (Å²) in [5.41, 5.74) is 0.738. The first kappa shape index (κ1) is 18.6. The molecule has 2 aromatic heterocycles. The number of fused-ring (bicyclic) bond motifs is 1. The molecular formula is C19H24N4O2S. The molecular weight excluding hydrogens is 348 g/mol. The first-order valence-electron chi connectivity index (χ1n) is 9.06. The van der Waals surface area contributed by atoms with Crippen molar-refractivity contribution in [2.75, 3.05) is 0 Å². The molecule has 0 spiro atoms. The molecule has 0 aliphatic rings. The van der Waals surface area contributed by atoms with Gasteiger partial charge in [-0.1, -0.05) is 55.2 Å². The first-order chi connectivity index (χ1) is 12.6. The standard InChI is InChI=1S/C19H24N4O2S/c1-4-5-6-9-12-23-18(24)15-10-7-8-11-16(15)21-19(23)26-13(2)17-20-14(3)22-25-17/h7-8,10-11,13H,4-6,9,12H2,1-3H3. The van der Waals surface area contributed by atoms with Gasteiger partial charge >= 0.3 is 0 Å². The van der Waals surface area contributed by atoms with Gasteiger partial charge in [-0.05, 0) is 32.4 Å². The second-order valence-electron chi connectivity index (χ2n) is 6.37. The van der Waals surface area contributed by atoms with Gasteiger partial charge in [0.2, 0.25) is 5.89 Å². The van der Waals surface area contributed by atoms with Crippen LogP contribution in [0, 0.1) is 6.92 Å². The van der Waals surface area contributed by atoms with E-state index >= 15 is 0 Å². The fourth-order valence-electron chi connectivity index (χ4n) is 2.82. The number of para-hydroxylation sites is 1. The fraction of sp³-hybridized carbons (Fsp3) is 0.474. The predicted octanol–water partition coefficient (Wildman–Crippen LogP) is 4.52. The van der Waals surface area contributed by atoms with Gasteiger partial charge in [0.15, 0.2) is 11.0 Å². The van der Waals surface area contributed by atoms with Crippen molar-refractivity contribution in [3.8, 4) is 0 Å². The Labute approximate surface area is 157 Å². The van der Waals surface area contributed by atoms with Crippen molar-refractivity contribution >= 4 is 22.7 Å². The number of aryl methyl sites for hydroxylation is 1. The van der Waals surface area contributed by atoms with Crippen molar-refractivity contribution < 1.29 is 4.52 Å². The van der Waals surface area contributed by atoms with Gasteiger partial charge in [-0.25, -0.2) is 4.98 Å². The number of aromatic nitrogens is 4. The van der Waals surface area contributed by atoms with Gasteiger partial charge < -0.3 is 4.52 Å². The van der Waals surface area contributed by atoms with E-state index in [0.717, 1.165) is 18.4 Å². The molecule has 0 aliphatic heterocycles. The summed E-state index contributed by atoms with van der Waals surface area (Å²) in [6.45, 7) is 6.64. The van der Waals surface area contributed by atoms with Crippen LogP contribution in [0.2, 0.25) is 0 Å². The molecule has 0 bridgehead atoms. The van der Waals surface area contributed by atoms with Crippen LogP contribution in [-0.2, 0) is 6.54 Å². The zero-order valence-electron chi connectivity index (χ0n) is 15.4. The zero-order chi connectivity index (χ0) is 18.5. The smallest absolute Gasteiger partial charge is 0.262 e. The lowest BCUT2D eigenvalue weighted by molar-refractivity contribution is 0.376. The average molecular weight is 372 g/mol. The molecule has 0 N–H and O–H groups in total. The third-order valence-electron chi connectivity index (χ3n) is 4.24. The van der Waals surface area contributed by atoms with Crippen molar-refractivity contribution in [3.63, 3.8) is 0 Å². The largest absolute Gasteiger partial charge is 0.338 e. The molecule has 1 atom stereocenters. The van der Waals surface area contributed by atoms with Crippen molar-refractivity contribution in [1.82, 2.24) is 19.7 Å². The summed E-state index contributed by atoms with van der Waals surface area (Å²) in [6, 6.07) is 7.50. The Morgan fingerprint density at radius 2 is 2.00 bits per heavy atom. The van der Waals surface area contributed by atoms with Gasteiger partial charge in [-0.15, -0.1) is 0 Å². The number of rotatable bonds is 8. The van der Waals surface area contributed by atoms with Crippen LogP contribution in [0.1, 0.15) is 56.5 Å². The summed E-state index contributed by atoms with van der Waals surface area (Å²) >= 11 is 1.49. The van der Waals surface area contributed by atoms with E-state index in [4.69, 9.17) is 9.51 Å². The second-order valence-corrected chi connectivity index (χ2v) is 7.68. The quantitative estimate of drug-likeness (QED) is 0.329. The maximum absolute atomic E-state index is 13.0. The first-order valence-corrected chi connectivity index (χ1v) is 9.94. The zero-order valence-corrected chi connectivity index (χ0v) is 16.3. The monoisotopic (exact) mass is 372 g/mol. The summed E-state index contributed by atoms with van der Waals surface area (Å²) in [6.07, 6.45) is 4.42. The number of hydrogen-bond donors (Lipinski definition) is 0. The third-order valence-corrected chi connectivity index (χ3v) is 5.31. The minimum atomic E-state index is -0.0776. The predicted molar refractivity (Wildman–Crippen MR) is 103 cm³/mol. The molecule has 0 amide bonds. The highest BCUT2D eigenvalue weighted by molar-refractivity contribution is 7.99. The summed E-state index contributed by atoms with van der Waals surface area (Å²) < 4.78 is 7.07. The molecule has 2 heterocycles. The second kappa shape index (κ2) is 8.49. The van der Waals surface area contributed by atoms with E-state index in [9.17, 15) is 4.79 Å². The van der Waals surface area contributed by atoms with Crippen molar-refractivity contribution in [2.45, 2.75) is 63.4 Å². The van der Waals surface area contributed by atoms with Gasteiger partial charge in [0.1, 0.15) is 0 Å². The van der Waals surface area contributed by atoms with E-state index in [1.165, 1.54) is 24.6 Å². The molecule has 7 heteroatoms. The normalized spacial score (nSPS) is 12.6. The lowest BCUT2D eigenvalue weighted by Gasteiger charge is -2.14. The molecule has 138 valence electrons. The highest BCUT2D eigenvalue weighted by atomic mass is 32.2. The lowest BCUT2D eigenvalue weighted by Crippen LogP contribution is -2.23. The Kier molecular flexibility index (Phi) is 6.08. The van der Waals surface area contributed by atoms with E-state index < -0.39 is 0 Å². The van der Waals surface area contributed by atoms with Crippen LogP contribution in [0.15, 0.2) is 38.7 Å². The molecule has 0 saturated carbocycles. The molecule has 1 unspecified atom stereocenters. The van der Waals surface area contributed by atoms with Crippen LogP contribution in [0.5, 0.6) is 0 Å². The Balaban J connectivity index is 1.94. The summed E-state index contributed by atoms with van der Waals surface area (Å²) in [7, 11) is 0. The molecule has 3 rings (SSSR count). The molecule has 0 aliphatic carbocycles. The Morgan fingerprint density at radius 3 is 2.73 bits per heavy atom. The number of benzene rings is 1. The maximum atomic E-state index is 13.0. The molecule has 1 aromatic carbocycles. The van der Waals surface area contributed by atoms with E-state index in [1.807, 2.05) is 31.2 Å². The third kappa shape index (κ3) is 4.15. The molecule has 0 fully saturated rings. The molecule has 26 heavy (non-hydrogen) atoms. The van der Waals surface area contributed by atoms with Gasteiger partial charge in [0, 0.05) is 6.54 Å². The molecule has 6 nitrogen and oxygen atoms in total. The SMILES string of the molecule is CCCCCCn1c(SC(C)c2nc(C)no2)nc2ccccc2c1=O. The van der Waals surface area contributed by atoms with Gasteiger partial charge in [-0.3, -0.25) is 9.36 Å². The van der Waals surface area contributed by atoms with E-state index in [2.05, 4.69) is 17.1 Å². The van der Waals surface area contributed by atoms with E-state index in [1.54, 1.807) is 11.5 Å². The van der Waals surface area contributed by atoms with Crippen molar-refractivity contribution in [1.29, 1.82) is 0 Å². The van der Waals surface area contributed by atoms with Crippen LogP contribution < -0.4 is 5.56 Å². The Bertz CT molecular complexity index is 935. The average Bonchev–Trinajstić information content (AvgIpc) is 3.07. The fourth-order valence-corrected chi connectivity index (χ4v) is 3.78. The number of unbranched alkanes of at least 4 members (excludes halogenated alkanes) is 3. The molecule has 0 radical (unpaired) electrons. The lowest BCUT2D eigenvalue weighted by atomic mass is 10.2. The van der Waals surface area contributed by atoms with Crippen LogP contribution in [-0.4, -0.2) is 19.7 Å². The minimum absolute atomic E-state index is 0.0171.